The summed E-state index contributed by atoms with van der Waals surface area (Å²) in [5.74, 6) is 0. The second kappa shape index (κ2) is 7.89. The van der Waals surface area contributed by atoms with Gasteiger partial charge in [0.25, 0.3) is 0 Å². The first-order chi connectivity index (χ1) is 16.4. The fraction of sp³-hybridized carbons (Fsp3) is 0.0833. The fourth-order valence-corrected chi connectivity index (χ4v) is 5.70. The molecule has 4 aromatic heterocycles. The van der Waals surface area contributed by atoms with Crippen LogP contribution >= 0.6 is 34.5 Å². The standard InChI is InChI=1S/C24H16Cl2N6OS/c1-31-13-27-12-20(31)24(33,21-7-8-22(26)34-21)15-5-6-19-18(10-15)17(11-23-28-29-30-32(19)23)14-3-2-4-16(25)9-14/h2-13,33H,1H3. The maximum atomic E-state index is 12.3. The molecule has 0 aliphatic carbocycles. The topological polar surface area (TPSA) is 81.1 Å². The molecule has 2 aromatic carbocycles. The molecule has 168 valence electrons. The highest BCUT2D eigenvalue weighted by molar-refractivity contribution is 7.16. The minimum absolute atomic E-state index is 0.589. The quantitative estimate of drug-likeness (QED) is 0.349. The molecule has 0 amide bonds. The molecule has 1 atom stereocenters. The third-order valence-corrected chi connectivity index (χ3v) is 7.53. The number of hydrogen-bond donors (Lipinski definition) is 1. The molecule has 34 heavy (non-hydrogen) atoms. The van der Waals surface area contributed by atoms with Crippen molar-refractivity contribution in [1.29, 1.82) is 0 Å². The van der Waals surface area contributed by atoms with E-state index in [-0.39, 0.29) is 0 Å². The summed E-state index contributed by atoms with van der Waals surface area (Å²) in [6, 6.07) is 18.9. The molecule has 0 fully saturated rings. The van der Waals surface area contributed by atoms with Crippen LogP contribution in [0.1, 0.15) is 16.1 Å². The molecule has 1 N–H and O–H groups in total. The van der Waals surface area contributed by atoms with E-state index in [0.29, 0.717) is 31.1 Å². The number of nitrogens with zero attached hydrogens (tertiary/aromatic N) is 6. The molecule has 0 aliphatic heterocycles. The van der Waals surface area contributed by atoms with E-state index in [1.54, 1.807) is 27.7 Å². The van der Waals surface area contributed by atoms with Crippen molar-refractivity contribution in [2.24, 2.45) is 7.05 Å². The van der Waals surface area contributed by atoms with Gasteiger partial charge in [0, 0.05) is 22.3 Å². The van der Waals surface area contributed by atoms with Crippen molar-refractivity contribution in [1.82, 2.24) is 29.6 Å². The molecular weight excluding hydrogens is 491 g/mol. The number of aromatic nitrogens is 6. The molecule has 10 heteroatoms. The van der Waals surface area contributed by atoms with Crippen LogP contribution in [0.4, 0.5) is 0 Å². The van der Waals surface area contributed by atoms with Gasteiger partial charge in [-0.2, -0.15) is 4.52 Å². The molecule has 1 unspecified atom stereocenters. The summed E-state index contributed by atoms with van der Waals surface area (Å²) in [7, 11) is 1.85. The normalized spacial score (nSPS) is 13.5. The second-order valence-corrected chi connectivity index (χ2v) is 10.1. The van der Waals surface area contributed by atoms with Crippen LogP contribution in [0.3, 0.4) is 0 Å². The van der Waals surface area contributed by atoms with E-state index < -0.39 is 5.60 Å². The molecule has 0 saturated heterocycles. The molecule has 4 heterocycles. The fourth-order valence-electron chi connectivity index (χ4n) is 4.35. The lowest BCUT2D eigenvalue weighted by Crippen LogP contribution is -2.30. The van der Waals surface area contributed by atoms with Crippen molar-refractivity contribution in [2.45, 2.75) is 5.60 Å². The number of rotatable bonds is 4. The van der Waals surface area contributed by atoms with E-state index in [9.17, 15) is 5.11 Å². The summed E-state index contributed by atoms with van der Waals surface area (Å²) in [5.41, 5.74) is 3.05. The second-order valence-electron chi connectivity index (χ2n) is 7.95. The number of imidazole rings is 1. The van der Waals surface area contributed by atoms with Crippen molar-refractivity contribution in [3.63, 3.8) is 0 Å². The Morgan fingerprint density at radius 3 is 2.65 bits per heavy atom. The Hall–Kier alpha value is -3.30. The van der Waals surface area contributed by atoms with Crippen LogP contribution in [0.5, 0.6) is 0 Å². The van der Waals surface area contributed by atoms with Crippen molar-refractivity contribution in [2.75, 3.05) is 0 Å². The number of aliphatic hydroxyl groups is 1. The zero-order valence-corrected chi connectivity index (χ0v) is 20.1. The maximum Gasteiger partial charge on any atom is 0.180 e. The summed E-state index contributed by atoms with van der Waals surface area (Å²) < 4.78 is 4.07. The van der Waals surface area contributed by atoms with E-state index in [1.165, 1.54) is 11.3 Å². The molecule has 6 rings (SSSR count). The lowest BCUT2D eigenvalue weighted by atomic mass is 9.87. The number of fused-ring (bicyclic) bond motifs is 3. The van der Waals surface area contributed by atoms with Crippen molar-refractivity contribution in [3.8, 4) is 11.1 Å². The van der Waals surface area contributed by atoms with Gasteiger partial charge in [0.2, 0.25) is 0 Å². The number of thiophene rings is 1. The monoisotopic (exact) mass is 506 g/mol. The summed E-state index contributed by atoms with van der Waals surface area (Å²) in [4.78, 5) is 4.93. The van der Waals surface area contributed by atoms with Crippen LogP contribution in [0.25, 0.3) is 27.7 Å². The lowest BCUT2D eigenvalue weighted by Gasteiger charge is -2.28. The van der Waals surface area contributed by atoms with Gasteiger partial charge in [0.1, 0.15) is 0 Å². The van der Waals surface area contributed by atoms with Crippen LogP contribution < -0.4 is 0 Å². The van der Waals surface area contributed by atoms with E-state index in [0.717, 1.165) is 22.0 Å². The van der Waals surface area contributed by atoms with Crippen LogP contribution in [-0.4, -0.2) is 34.7 Å². The van der Waals surface area contributed by atoms with Gasteiger partial charge in [-0.3, -0.25) is 0 Å². The first-order valence-electron chi connectivity index (χ1n) is 10.3. The predicted molar refractivity (Wildman–Crippen MR) is 133 cm³/mol. The summed E-state index contributed by atoms with van der Waals surface area (Å²) in [5, 5.41) is 25.9. The van der Waals surface area contributed by atoms with Gasteiger partial charge in [0.05, 0.1) is 28.1 Å². The Labute approximate surface area is 207 Å². The minimum Gasteiger partial charge on any atom is -0.374 e. The Balaban J connectivity index is 1.69. The van der Waals surface area contributed by atoms with E-state index in [4.69, 9.17) is 23.2 Å². The smallest absolute Gasteiger partial charge is 0.180 e. The molecule has 6 aromatic rings. The van der Waals surface area contributed by atoms with Crippen LogP contribution in [0.15, 0.2) is 73.2 Å². The van der Waals surface area contributed by atoms with E-state index in [1.807, 2.05) is 61.6 Å². The highest BCUT2D eigenvalue weighted by Gasteiger charge is 2.38. The first-order valence-corrected chi connectivity index (χ1v) is 11.9. The average molecular weight is 507 g/mol. The highest BCUT2D eigenvalue weighted by Crippen LogP contribution is 2.43. The van der Waals surface area contributed by atoms with Gasteiger partial charge in [-0.05, 0) is 69.6 Å². The summed E-state index contributed by atoms with van der Waals surface area (Å²) in [6.45, 7) is 0. The maximum absolute atomic E-state index is 12.3. The lowest BCUT2D eigenvalue weighted by molar-refractivity contribution is 0.121. The zero-order chi connectivity index (χ0) is 23.4. The van der Waals surface area contributed by atoms with E-state index >= 15 is 0 Å². The van der Waals surface area contributed by atoms with Gasteiger partial charge < -0.3 is 9.67 Å². The largest absolute Gasteiger partial charge is 0.374 e. The van der Waals surface area contributed by atoms with Gasteiger partial charge in [-0.25, -0.2) is 4.98 Å². The van der Waals surface area contributed by atoms with Crippen LogP contribution in [-0.2, 0) is 12.6 Å². The number of pyridine rings is 1. The van der Waals surface area contributed by atoms with Gasteiger partial charge in [-0.15, -0.1) is 16.4 Å². The van der Waals surface area contributed by atoms with E-state index in [2.05, 4.69) is 20.5 Å². The SMILES string of the molecule is Cn1cncc1C(O)(c1ccc2c(c1)c(-c1cccc(Cl)c1)cc1nnnn12)c1ccc(Cl)s1. The van der Waals surface area contributed by atoms with Crippen LogP contribution in [0, 0.1) is 0 Å². The molecule has 0 spiro atoms. The number of tetrazole rings is 1. The zero-order valence-electron chi connectivity index (χ0n) is 17.7. The number of halogens is 2. The number of hydrogen-bond acceptors (Lipinski definition) is 6. The first kappa shape index (κ1) is 21.2. The highest BCUT2D eigenvalue weighted by atomic mass is 35.5. The van der Waals surface area contributed by atoms with Gasteiger partial charge in [0.15, 0.2) is 11.2 Å². The molecule has 0 aliphatic rings. The van der Waals surface area contributed by atoms with Crippen molar-refractivity contribution >= 4 is 51.1 Å². The van der Waals surface area contributed by atoms with Crippen molar-refractivity contribution in [3.05, 3.63) is 98.7 Å². The number of benzene rings is 2. The van der Waals surface area contributed by atoms with Gasteiger partial charge in [-0.1, -0.05) is 41.4 Å². The Morgan fingerprint density at radius 1 is 1.03 bits per heavy atom. The van der Waals surface area contributed by atoms with Gasteiger partial charge >= 0.3 is 0 Å². The molecule has 0 bridgehead atoms. The predicted octanol–water partition coefficient (Wildman–Crippen LogP) is 5.33. The molecule has 7 nitrogen and oxygen atoms in total. The Bertz CT molecular complexity index is 1690. The molecule has 0 saturated carbocycles. The van der Waals surface area contributed by atoms with Crippen molar-refractivity contribution < 1.29 is 5.11 Å². The summed E-state index contributed by atoms with van der Waals surface area (Å²) >= 11 is 13.9. The molecular formula is C24H16Cl2N6OS. The third kappa shape index (κ3) is 3.22. The summed E-state index contributed by atoms with van der Waals surface area (Å²) in [6.07, 6.45) is 3.33. The average Bonchev–Trinajstić information content (AvgIpc) is 3.59. The third-order valence-electron chi connectivity index (χ3n) is 5.95. The minimum atomic E-state index is -1.47. The van der Waals surface area contributed by atoms with Crippen LogP contribution in [0.2, 0.25) is 9.36 Å². The Morgan fingerprint density at radius 2 is 1.91 bits per heavy atom. The molecule has 0 radical (unpaired) electrons. The number of aryl methyl sites for hydroxylation is 1. The Kier molecular flexibility index (Phi) is 4.93.